The number of rotatable bonds is 11. The van der Waals surface area contributed by atoms with Gasteiger partial charge in [-0.05, 0) is 35.4 Å². The van der Waals surface area contributed by atoms with Crippen LogP contribution >= 0.6 is 0 Å². The first-order chi connectivity index (χ1) is 23.3. The summed E-state index contributed by atoms with van der Waals surface area (Å²) in [7, 11) is 5.75. The summed E-state index contributed by atoms with van der Waals surface area (Å²) >= 11 is 0. The Morgan fingerprint density at radius 3 is 1.48 bits per heavy atom. The van der Waals surface area contributed by atoms with E-state index in [4.69, 9.17) is 37.9 Å². The third-order valence-electron chi connectivity index (χ3n) is 8.12. The van der Waals surface area contributed by atoms with E-state index in [0.29, 0.717) is 0 Å². The summed E-state index contributed by atoms with van der Waals surface area (Å²) in [6.45, 7) is -0.000429. The van der Waals surface area contributed by atoms with E-state index in [1.54, 1.807) is 36.4 Å². The number of phenolic OH excluding ortho intramolecular Hbond substituents is 2. The normalized spacial score (nSPS) is 16.5. The third-order valence-corrected chi connectivity index (χ3v) is 8.12. The molecule has 2 aliphatic rings. The fraction of sp³-hybridized carbons (Fsp3) is 0.278. The van der Waals surface area contributed by atoms with Crippen molar-refractivity contribution >= 4 is 11.6 Å². The van der Waals surface area contributed by atoms with E-state index >= 15 is 0 Å². The number of aromatic hydroxyl groups is 2. The lowest BCUT2D eigenvalue weighted by molar-refractivity contribution is 0.0833. The molecule has 0 unspecified atom stereocenters. The maximum atomic E-state index is 13.4. The average Bonchev–Trinajstić information content (AvgIpc) is 3.09. The van der Waals surface area contributed by atoms with Gasteiger partial charge in [-0.15, -0.1) is 0 Å². The van der Waals surface area contributed by atoms with Crippen molar-refractivity contribution in [3.63, 3.8) is 0 Å². The molecule has 0 spiro atoms. The van der Waals surface area contributed by atoms with Gasteiger partial charge in [-0.3, -0.25) is 9.59 Å². The molecule has 0 fully saturated rings. The highest BCUT2D eigenvalue weighted by molar-refractivity contribution is 6.04. The highest BCUT2D eigenvalue weighted by Gasteiger charge is 2.36. The molecular weight excluding hydrogens is 624 g/mol. The second-order valence-electron chi connectivity index (χ2n) is 11.0. The Morgan fingerprint density at radius 1 is 0.583 bits per heavy atom. The van der Waals surface area contributed by atoms with Gasteiger partial charge in [0, 0.05) is 12.1 Å². The summed E-state index contributed by atoms with van der Waals surface area (Å²) in [4.78, 5) is 26.6. The van der Waals surface area contributed by atoms with Gasteiger partial charge in [0.15, 0.2) is 34.6 Å². The number of carbonyl (C=O) groups is 2. The number of Topliss-reactive ketones (excluding diaryl/α,β-unsaturated/α-hetero) is 2. The Balaban J connectivity index is 1.22. The van der Waals surface area contributed by atoms with E-state index < -0.39 is 12.2 Å². The monoisotopic (exact) mass is 658 g/mol. The molecule has 48 heavy (non-hydrogen) atoms. The SMILES string of the molecule is COc1cc2c(c(OC)c1OCCOc1cc3c(c(OC)c1OC)C(=O)C[C@@H](c1ccc(O)cc1)O3)C(=O)C[C@@H](c1ccc(O)cc1)O2. The van der Waals surface area contributed by atoms with E-state index in [1.165, 1.54) is 52.7 Å². The Hall–Kier alpha value is -5.78. The summed E-state index contributed by atoms with van der Waals surface area (Å²) in [5.41, 5.74) is 1.94. The van der Waals surface area contributed by atoms with Gasteiger partial charge >= 0.3 is 0 Å². The standard InChI is InChI=1S/C36H34O12/c1-41-29-17-27-32(24(40)16-25(47-27)19-5-9-21(37)10-6-19)36(44-4)34(29)46-14-13-45-30-18-28-31(35(43-3)33(30)42-2)23(39)15-26(48-28)20-7-11-22(38)12-8-20/h5-12,17-18,25-26,37-38H,13-16H2,1-4H3/t25-,26-/m0/s1. The lowest BCUT2D eigenvalue weighted by Gasteiger charge is -2.28. The second-order valence-corrected chi connectivity index (χ2v) is 11.0. The van der Waals surface area contributed by atoms with Crippen LogP contribution in [0.3, 0.4) is 0 Å². The van der Waals surface area contributed by atoms with Crippen molar-refractivity contribution in [3.05, 3.63) is 82.9 Å². The van der Waals surface area contributed by atoms with Gasteiger partial charge in [-0.1, -0.05) is 24.3 Å². The largest absolute Gasteiger partial charge is 0.508 e. The van der Waals surface area contributed by atoms with Crippen LogP contribution in [0, 0.1) is 0 Å². The molecular formula is C36H34O12. The van der Waals surface area contributed by atoms with Gasteiger partial charge in [0.05, 0.1) is 41.3 Å². The molecule has 2 atom stereocenters. The lowest BCUT2D eigenvalue weighted by Crippen LogP contribution is -2.22. The third kappa shape index (κ3) is 6.04. The van der Waals surface area contributed by atoms with Crippen LogP contribution in [-0.2, 0) is 0 Å². The summed E-state index contributed by atoms with van der Waals surface area (Å²) in [5.74, 6) is 1.66. The Labute approximate surface area is 276 Å². The zero-order chi connectivity index (χ0) is 33.9. The van der Waals surface area contributed by atoms with Crippen LogP contribution in [0.4, 0.5) is 0 Å². The number of fused-ring (bicyclic) bond motifs is 2. The number of hydrogen-bond donors (Lipinski definition) is 2. The first-order valence-electron chi connectivity index (χ1n) is 15.1. The molecule has 4 aromatic carbocycles. The van der Waals surface area contributed by atoms with Crippen molar-refractivity contribution in [1.82, 2.24) is 0 Å². The molecule has 12 nitrogen and oxygen atoms in total. The van der Waals surface area contributed by atoms with Crippen LogP contribution in [0.15, 0.2) is 60.7 Å². The number of ketones is 2. The van der Waals surface area contributed by atoms with Crippen LogP contribution in [0.5, 0.6) is 57.5 Å². The predicted molar refractivity (Wildman–Crippen MR) is 171 cm³/mol. The molecule has 0 aromatic heterocycles. The van der Waals surface area contributed by atoms with Gasteiger partial charge in [-0.2, -0.15) is 0 Å². The first kappa shape index (κ1) is 32.2. The molecule has 0 amide bonds. The van der Waals surface area contributed by atoms with Gasteiger partial charge in [0.2, 0.25) is 11.5 Å². The Morgan fingerprint density at radius 2 is 1.02 bits per heavy atom. The molecule has 0 aliphatic carbocycles. The first-order valence-corrected chi connectivity index (χ1v) is 15.1. The molecule has 0 saturated carbocycles. The van der Waals surface area contributed by atoms with Gasteiger partial charge in [0.25, 0.3) is 0 Å². The van der Waals surface area contributed by atoms with E-state index in [1.807, 2.05) is 0 Å². The van der Waals surface area contributed by atoms with Crippen molar-refractivity contribution in [2.24, 2.45) is 0 Å². The molecule has 2 heterocycles. The summed E-state index contributed by atoms with van der Waals surface area (Å²) in [6, 6.07) is 16.1. The van der Waals surface area contributed by atoms with E-state index in [-0.39, 0.29) is 106 Å². The zero-order valence-electron chi connectivity index (χ0n) is 26.7. The number of methoxy groups -OCH3 is 4. The van der Waals surface area contributed by atoms with Crippen LogP contribution in [0.1, 0.15) is 56.9 Å². The molecule has 12 heteroatoms. The van der Waals surface area contributed by atoms with Crippen LogP contribution in [-0.4, -0.2) is 63.4 Å². The minimum Gasteiger partial charge on any atom is -0.508 e. The molecule has 250 valence electrons. The minimum absolute atomic E-state index is 0.00437. The number of carbonyl (C=O) groups excluding carboxylic acids is 2. The highest BCUT2D eigenvalue weighted by Crippen LogP contribution is 2.51. The van der Waals surface area contributed by atoms with E-state index in [2.05, 4.69) is 0 Å². The smallest absolute Gasteiger partial charge is 0.204 e. The van der Waals surface area contributed by atoms with Crippen LogP contribution < -0.4 is 37.9 Å². The number of phenols is 2. The summed E-state index contributed by atoms with van der Waals surface area (Å²) in [5, 5.41) is 19.3. The highest BCUT2D eigenvalue weighted by atomic mass is 16.6. The summed E-state index contributed by atoms with van der Waals surface area (Å²) in [6.07, 6.45) is -1.01. The topological polar surface area (TPSA) is 148 Å². The van der Waals surface area contributed by atoms with Crippen molar-refractivity contribution < 1.29 is 57.7 Å². The quantitative estimate of drug-likeness (QED) is 0.182. The lowest BCUT2D eigenvalue weighted by atomic mass is 9.95. The van der Waals surface area contributed by atoms with Crippen molar-refractivity contribution in [3.8, 4) is 57.5 Å². The zero-order valence-corrected chi connectivity index (χ0v) is 26.7. The molecule has 0 radical (unpaired) electrons. The van der Waals surface area contributed by atoms with Crippen molar-refractivity contribution in [2.75, 3.05) is 41.7 Å². The van der Waals surface area contributed by atoms with E-state index in [0.717, 1.165) is 11.1 Å². The molecule has 4 aromatic rings. The summed E-state index contributed by atoms with van der Waals surface area (Å²) < 4.78 is 46.9. The van der Waals surface area contributed by atoms with Crippen LogP contribution in [0.25, 0.3) is 0 Å². The van der Waals surface area contributed by atoms with E-state index in [9.17, 15) is 19.8 Å². The maximum absolute atomic E-state index is 13.4. The van der Waals surface area contributed by atoms with Gasteiger partial charge in [-0.25, -0.2) is 0 Å². The molecule has 6 rings (SSSR count). The Kier molecular flexibility index (Phi) is 9.06. The van der Waals surface area contributed by atoms with Gasteiger partial charge < -0.3 is 48.1 Å². The minimum atomic E-state index is -0.577. The molecule has 2 N–H and O–H groups in total. The second kappa shape index (κ2) is 13.5. The predicted octanol–water partition coefficient (Wildman–Crippen LogP) is 6.00. The Bertz CT molecular complexity index is 1830. The number of ether oxygens (including phenoxy) is 8. The average molecular weight is 659 g/mol. The van der Waals surface area contributed by atoms with Gasteiger partial charge in [0.1, 0.15) is 59.5 Å². The van der Waals surface area contributed by atoms with Crippen molar-refractivity contribution in [2.45, 2.75) is 25.0 Å². The van der Waals surface area contributed by atoms with Crippen molar-refractivity contribution in [1.29, 1.82) is 0 Å². The maximum Gasteiger partial charge on any atom is 0.204 e. The fourth-order valence-corrected chi connectivity index (χ4v) is 5.86. The fourth-order valence-electron chi connectivity index (χ4n) is 5.86. The molecule has 0 bridgehead atoms. The van der Waals surface area contributed by atoms with Crippen LogP contribution in [0.2, 0.25) is 0 Å². The number of benzene rings is 4. The number of hydrogen-bond acceptors (Lipinski definition) is 12. The molecule has 2 aliphatic heterocycles. The molecule has 0 saturated heterocycles.